The van der Waals surface area contributed by atoms with E-state index in [0.717, 1.165) is 4.47 Å². The molecule has 0 fully saturated rings. The monoisotopic (exact) mass is 341 g/mol. The largest absolute Gasteiger partial charge is 0.383 e. The average molecular weight is 343 g/mol. The maximum absolute atomic E-state index is 12.0. The molecular formula is C10H13BrClNO3S. The van der Waals surface area contributed by atoms with Crippen LogP contribution in [-0.2, 0) is 14.8 Å². The lowest BCUT2D eigenvalue weighted by atomic mass is 10.4. The minimum atomic E-state index is -3.61. The molecule has 1 aromatic carbocycles. The van der Waals surface area contributed by atoms with Crippen LogP contribution in [0.1, 0.15) is 6.92 Å². The summed E-state index contributed by atoms with van der Waals surface area (Å²) in [4.78, 5) is 0.0605. The Bertz CT molecular complexity index is 492. The molecule has 1 N–H and O–H groups in total. The molecule has 0 aliphatic heterocycles. The van der Waals surface area contributed by atoms with Gasteiger partial charge in [0.2, 0.25) is 10.0 Å². The Morgan fingerprint density at radius 1 is 1.53 bits per heavy atom. The van der Waals surface area contributed by atoms with E-state index in [-0.39, 0.29) is 16.0 Å². The summed E-state index contributed by atoms with van der Waals surface area (Å²) in [5.74, 6) is 0. The molecule has 17 heavy (non-hydrogen) atoms. The molecule has 1 unspecified atom stereocenters. The second kappa shape index (κ2) is 6.15. The Kier molecular flexibility index (Phi) is 5.40. The molecule has 0 spiro atoms. The SMILES string of the molecule is COCC(C)NS(=O)(=O)c1ccc(Br)cc1Cl. The highest BCUT2D eigenvalue weighted by Gasteiger charge is 2.20. The van der Waals surface area contributed by atoms with Crippen LogP contribution in [0.25, 0.3) is 0 Å². The number of rotatable bonds is 5. The Hall–Kier alpha value is -0.140. The predicted octanol–water partition coefficient (Wildman–Crippen LogP) is 2.42. The van der Waals surface area contributed by atoms with E-state index in [4.69, 9.17) is 16.3 Å². The predicted molar refractivity (Wildman–Crippen MR) is 70.8 cm³/mol. The first kappa shape index (κ1) is 14.9. The minimum Gasteiger partial charge on any atom is -0.383 e. The third kappa shape index (κ3) is 4.22. The normalized spacial score (nSPS) is 13.6. The first-order chi connectivity index (χ1) is 7.86. The number of hydrogen-bond donors (Lipinski definition) is 1. The van der Waals surface area contributed by atoms with Crippen LogP contribution in [0.4, 0.5) is 0 Å². The summed E-state index contributed by atoms with van der Waals surface area (Å²) in [6.07, 6.45) is 0. The van der Waals surface area contributed by atoms with Crippen LogP contribution in [0.2, 0.25) is 5.02 Å². The maximum atomic E-state index is 12.0. The van der Waals surface area contributed by atoms with E-state index in [1.54, 1.807) is 13.0 Å². The average Bonchev–Trinajstić information content (AvgIpc) is 2.15. The van der Waals surface area contributed by atoms with Crippen LogP contribution < -0.4 is 4.72 Å². The van der Waals surface area contributed by atoms with Crippen molar-refractivity contribution in [3.63, 3.8) is 0 Å². The number of benzene rings is 1. The van der Waals surface area contributed by atoms with E-state index in [9.17, 15) is 8.42 Å². The Labute approximate surface area is 114 Å². The Balaban J connectivity index is 2.97. The van der Waals surface area contributed by atoms with Gasteiger partial charge in [0.1, 0.15) is 4.90 Å². The second-order valence-electron chi connectivity index (χ2n) is 3.55. The standard InChI is InChI=1S/C10H13BrClNO3S/c1-7(6-16-2)13-17(14,15)10-4-3-8(11)5-9(10)12/h3-5,7,13H,6H2,1-2H3. The molecule has 1 atom stereocenters. The molecule has 0 amide bonds. The van der Waals surface area contributed by atoms with Gasteiger partial charge in [-0.3, -0.25) is 0 Å². The molecule has 0 aliphatic carbocycles. The number of nitrogens with one attached hydrogen (secondary N) is 1. The summed E-state index contributed by atoms with van der Waals surface area (Å²) in [7, 11) is -2.10. The molecule has 7 heteroatoms. The van der Waals surface area contributed by atoms with Gasteiger partial charge in [0, 0.05) is 17.6 Å². The van der Waals surface area contributed by atoms with Crippen LogP contribution in [0.5, 0.6) is 0 Å². The minimum absolute atomic E-state index is 0.0605. The molecule has 1 rings (SSSR count). The summed E-state index contributed by atoms with van der Waals surface area (Å²) in [5, 5.41) is 0.177. The van der Waals surface area contributed by atoms with Crippen molar-refractivity contribution in [2.75, 3.05) is 13.7 Å². The van der Waals surface area contributed by atoms with E-state index in [1.807, 2.05) is 0 Å². The first-order valence-electron chi connectivity index (χ1n) is 4.83. The molecule has 0 radical (unpaired) electrons. The highest BCUT2D eigenvalue weighted by Crippen LogP contribution is 2.25. The van der Waals surface area contributed by atoms with Crippen molar-refractivity contribution in [3.8, 4) is 0 Å². The zero-order valence-corrected chi connectivity index (χ0v) is 12.6. The third-order valence-corrected chi connectivity index (χ3v) is 4.52. The fourth-order valence-corrected chi connectivity index (χ4v) is 3.57. The second-order valence-corrected chi connectivity index (χ2v) is 6.56. The van der Waals surface area contributed by atoms with Crippen molar-refractivity contribution >= 4 is 37.6 Å². The molecule has 0 saturated heterocycles. The Morgan fingerprint density at radius 2 is 2.18 bits per heavy atom. The molecule has 96 valence electrons. The number of halogens is 2. The van der Waals surface area contributed by atoms with Gasteiger partial charge >= 0.3 is 0 Å². The van der Waals surface area contributed by atoms with E-state index in [0.29, 0.717) is 6.61 Å². The topological polar surface area (TPSA) is 55.4 Å². The fraction of sp³-hybridized carbons (Fsp3) is 0.400. The maximum Gasteiger partial charge on any atom is 0.242 e. The van der Waals surface area contributed by atoms with Crippen LogP contribution in [0.15, 0.2) is 27.6 Å². The van der Waals surface area contributed by atoms with Gasteiger partial charge in [-0.2, -0.15) is 0 Å². The van der Waals surface area contributed by atoms with Gasteiger partial charge in [0.05, 0.1) is 11.6 Å². The van der Waals surface area contributed by atoms with Crippen molar-refractivity contribution in [1.82, 2.24) is 4.72 Å². The molecule has 4 nitrogen and oxygen atoms in total. The zero-order valence-electron chi connectivity index (χ0n) is 9.41. The van der Waals surface area contributed by atoms with Crippen molar-refractivity contribution in [3.05, 3.63) is 27.7 Å². The summed E-state index contributed by atoms with van der Waals surface area (Å²) in [6.45, 7) is 2.02. The van der Waals surface area contributed by atoms with Crippen LogP contribution in [0.3, 0.4) is 0 Å². The molecule has 0 aliphatic rings. The Morgan fingerprint density at radius 3 is 2.71 bits per heavy atom. The lowest BCUT2D eigenvalue weighted by Crippen LogP contribution is -2.35. The summed E-state index contributed by atoms with van der Waals surface area (Å²) < 4.78 is 32.0. The number of methoxy groups -OCH3 is 1. The van der Waals surface area contributed by atoms with Gasteiger partial charge in [-0.25, -0.2) is 13.1 Å². The van der Waals surface area contributed by atoms with E-state index in [2.05, 4.69) is 20.7 Å². The van der Waals surface area contributed by atoms with Gasteiger partial charge in [-0.05, 0) is 25.1 Å². The van der Waals surface area contributed by atoms with E-state index < -0.39 is 10.0 Å². The highest BCUT2D eigenvalue weighted by atomic mass is 79.9. The fourth-order valence-electron chi connectivity index (χ4n) is 1.31. The third-order valence-electron chi connectivity index (χ3n) is 1.96. The molecule has 0 aromatic heterocycles. The number of sulfonamides is 1. The van der Waals surface area contributed by atoms with Crippen molar-refractivity contribution in [2.45, 2.75) is 17.9 Å². The highest BCUT2D eigenvalue weighted by molar-refractivity contribution is 9.10. The molecular weight excluding hydrogens is 330 g/mol. The smallest absolute Gasteiger partial charge is 0.242 e. The molecule has 0 saturated carbocycles. The molecule has 1 aromatic rings. The van der Waals surface area contributed by atoms with Gasteiger partial charge in [-0.15, -0.1) is 0 Å². The van der Waals surface area contributed by atoms with Crippen LogP contribution in [0, 0.1) is 0 Å². The molecule has 0 heterocycles. The number of hydrogen-bond acceptors (Lipinski definition) is 3. The van der Waals surface area contributed by atoms with Crippen molar-refractivity contribution in [1.29, 1.82) is 0 Å². The summed E-state index contributed by atoms with van der Waals surface area (Å²) >= 11 is 9.11. The van der Waals surface area contributed by atoms with Crippen LogP contribution >= 0.6 is 27.5 Å². The van der Waals surface area contributed by atoms with Gasteiger partial charge in [0.25, 0.3) is 0 Å². The summed E-state index contributed by atoms with van der Waals surface area (Å²) in [6, 6.07) is 4.30. The van der Waals surface area contributed by atoms with Gasteiger partial charge < -0.3 is 4.74 Å². The van der Waals surface area contributed by atoms with E-state index >= 15 is 0 Å². The quantitative estimate of drug-likeness (QED) is 0.894. The molecule has 0 bridgehead atoms. The van der Waals surface area contributed by atoms with E-state index in [1.165, 1.54) is 19.2 Å². The lowest BCUT2D eigenvalue weighted by molar-refractivity contribution is 0.180. The lowest BCUT2D eigenvalue weighted by Gasteiger charge is -2.14. The van der Waals surface area contributed by atoms with Gasteiger partial charge in [0.15, 0.2) is 0 Å². The van der Waals surface area contributed by atoms with Crippen LogP contribution in [-0.4, -0.2) is 28.2 Å². The zero-order chi connectivity index (χ0) is 13.1. The number of ether oxygens (including phenoxy) is 1. The first-order valence-corrected chi connectivity index (χ1v) is 7.48. The summed E-state index contributed by atoms with van der Waals surface area (Å²) in [5.41, 5.74) is 0. The van der Waals surface area contributed by atoms with Crippen molar-refractivity contribution in [2.24, 2.45) is 0 Å². The van der Waals surface area contributed by atoms with Crippen molar-refractivity contribution < 1.29 is 13.2 Å². The van der Waals surface area contributed by atoms with Gasteiger partial charge in [-0.1, -0.05) is 27.5 Å².